The molecular formula is C14H18N4O2S. The van der Waals surface area contributed by atoms with E-state index in [4.69, 9.17) is 0 Å². The molecule has 2 aromatic heterocycles. The van der Waals surface area contributed by atoms with Crippen molar-refractivity contribution in [2.24, 2.45) is 0 Å². The lowest BCUT2D eigenvalue weighted by Gasteiger charge is -2.25. The predicted octanol–water partition coefficient (Wildman–Crippen LogP) is 2.38. The van der Waals surface area contributed by atoms with E-state index in [1.807, 2.05) is 5.38 Å². The van der Waals surface area contributed by atoms with Crippen molar-refractivity contribution in [2.75, 3.05) is 18.0 Å². The van der Waals surface area contributed by atoms with Crippen LogP contribution in [-0.4, -0.2) is 38.9 Å². The van der Waals surface area contributed by atoms with Crippen LogP contribution in [0.5, 0.6) is 0 Å². The number of carboxylic acids is 1. The summed E-state index contributed by atoms with van der Waals surface area (Å²) in [6.07, 6.45) is 3.73. The molecule has 0 amide bonds. The highest BCUT2D eigenvalue weighted by molar-refractivity contribution is 7.13. The fraction of sp³-hybridized carbons (Fsp3) is 0.500. The van der Waals surface area contributed by atoms with Crippen LogP contribution in [0.4, 0.5) is 5.13 Å². The molecule has 0 bridgehead atoms. The summed E-state index contributed by atoms with van der Waals surface area (Å²) in [6.45, 7) is 4.32. The van der Waals surface area contributed by atoms with Gasteiger partial charge in [0.2, 0.25) is 0 Å². The van der Waals surface area contributed by atoms with Crippen molar-refractivity contribution in [3.8, 4) is 0 Å². The third-order valence-electron chi connectivity index (χ3n) is 3.60. The predicted molar refractivity (Wildman–Crippen MR) is 81.2 cm³/mol. The van der Waals surface area contributed by atoms with Gasteiger partial charge in [0.05, 0.1) is 17.9 Å². The van der Waals surface area contributed by atoms with Gasteiger partial charge in [-0.15, -0.1) is 11.3 Å². The summed E-state index contributed by atoms with van der Waals surface area (Å²) in [5.74, 6) is -0.956. The maximum Gasteiger partial charge on any atom is 0.354 e. The average molecular weight is 306 g/mol. The molecule has 0 spiro atoms. The van der Waals surface area contributed by atoms with Gasteiger partial charge in [0.1, 0.15) is 5.69 Å². The lowest BCUT2D eigenvalue weighted by molar-refractivity contribution is 0.0684. The fourth-order valence-corrected chi connectivity index (χ4v) is 3.46. The lowest BCUT2D eigenvalue weighted by atomic mass is 10.1. The SMILES string of the molecule is Cc1cc(C(=O)O)n(Cc2csc(N3CCCCC3)n2)n1. The fourth-order valence-electron chi connectivity index (χ4n) is 2.59. The van der Waals surface area contributed by atoms with Crippen LogP contribution in [0.25, 0.3) is 0 Å². The Bertz CT molecular complexity index is 643. The number of carboxylic acid groups (broad SMARTS) is 1. The zero-order valence-electron chi connectivity index (χ0n) is 11.9. The summed E-state index contributed by atoms with van der Waals surface area (Å²) < 4.78 is 1.51. The molecule has 0 saturated carbocycles. The number of aryl methyl sites for hydroxylation is 1. The first-order valence-electron chi connectivity index (χ1n) is 7.10. The molecule has 2 aromatic rings. The molecule has 1 N–H and O–H groups in total. The molecule has 3 rings (SSSR count). The standard InChI is InChI=1S/C14H18N4O2S/c1-10-7-12(13(19)20)18(16-10)8-11-9-21-14(15-11)17-5-3-2-4-6-17/h7,9H,2-6,8H2,1H3,(H,19,20). The maximum absolute atomic E-state index is 11.2. The molecule has 0 unspecified atom stereocenters. The van der Waals surface area contributed by atoms with Gasteiger partial charge in [-0.05, 0) is 32.3 Å². The minimum absolute atomic E-state index is 0.208. The Morgan fingerprint density at radius 1 is 1.38 bits per heavy atom. The minimum atomic E-state index is -0.956. The minimum Gasteiger partial charge on any atom is -0.477 e. The maximum atomic E-state index is 11.2. The highest BCUT2D eigenvalue weighted by Gasteiger charge is 2.17. The molecule has 0 aliphatic carbocycles. The van der Waals surface area contributed by atoms with Crippen LogP contribution < -0.4 is 4.90 Å². The van der Waals surface area contributed by atoms with Crippen molar-refractivity contribution >= 4 is 22.4 Å². The summed E-state index contributed by atoms with van der Waals surface area (Å²) in [7, 11) is 0. The Kier molecular flexibility index (Phi) is 3.92. The quantitative estimate of drug-likeness (QED) is 0.939. The van der Waals surface area contributed by atoms with Gasteiger partial charge in [0.25, 0.3) is 0 Å². The number of rotatable bonds is 4. The van der Waals surface area contributed by atoms with Crippen LogP contribution in [0.2, 0.25) is 0 Å². The third kappa shape index (κ3) is 3.07. The van der Waals surface area contributed by atoms with Gasteiger partial charge in [0.15, 0.2) is 5.13 Å². The second-order valence-corrected chi connectivity index (χ2v) is 6.14. The molecule has 7 heteroatoms. The molecule has 6 nitrogen and oxygen atoms in total. The van der Waals surface area contributed by atoms with Crippen LogP contribution >= 0.6 is 11.3 Å². The summed E-state index contributed by atoms with van der Waals surface area (Å²) in [5, 5.41) is 16.4. The normalized spacial score (nSPS) is 15.4. The molecule has 1 aliphatic rings. The molecule has 1 saturated heterocycles. The van der Waals surface area contributed by atoms with E-state index in [9.17, 15) is 9.90 Å². The van der Waals surface area contributed by atoms with E-state index in [1.165, 1.54) is 23.9 Å². The lowest BCUT2D eigenvalue weighted by Crippen LogP contribution is -2.29. The molecule has 21 heavy (non-hydrogen) atoms. The molecule has 0 atom stereocenters. The van der Waals surface area contributed by atoms with Gasteiger partial charge in [-0.2, -0.15) is 5.10 Å². The average Bonchev–Trinajstić information content (AvgIpc) is 3.07. The van der Waals surface area contributed by atoms with E-state index >= 15 is 0 Å². The smallest absolute Gasteiger partial charge is 0.354 e. The number of aromatic carboxylic acids is 1. The molecule has 1 fully saturated rings. The van der Waals surface area contributed by atoms with E-state index in [0.29, 0.717) is 12.2 Å². The Balaban J connectivity index is 1.76. The van der Waals surface area contributed by atoms with E-state index in [-0.39, 0.29) is 5.69 Å². The van der Waals surface area contributed by atoms with Crippen molar-refractivity contribution in [3.63, 3.8) is 0 Å². The van der Waals surface area contributed by atoms with Gasteiger partial charge in [0, 0.05) is 18.5 Å². The van der Waals surface area contributed by atoms with Gasteiger partial charge in [-0.1, -0.05) is 0 Å². The van der Waals surface area contributed by atoms with Crippen LogP contribution in [0.1, 0.15) is 41.1 Å². The monoisotopic (exact) mass is 306 g/mol. The number of aromatic nitrogens is 3. The van der Waals surface area contributed by atoms with Crippen molar-refractivity contribution < 1.29 is 9.90 Å². The second kappa shape index (κ2) is 5.85. The molecule has 1 aliphatic heterocycles. The molecule has 112 valence electrons. The van der Waals surface area contributed by atoms with Crippen LogP contribution in [0, 0.1) is 6.92 Å². The van der Waals surface area contributed by atoms with Crippen molar-refractivity contribution in [3.05, 3.63) is 28.5 Å². The van der Waals surface area contributed by atoms with Gasteiger partial charge in [-0.3, -0.25) is 4.68 Å². The number of thiazole rings is 1. The van der Waals surface area contributed by atoms with E-state index < -0.39 is 5.97 Å². The summed E-state index contributed by atoms with van der Waals surface area (Å²) in [6, 6.07) is 1.58. The van der Waals surface area contributed by atoms with Crippen molar-refractivity contribution in [1.29, 1.82) is 0 Å². The van der Waals surface area contributed by atoms with Crippen molar-refractivity contribution in [2.45, 2.75) is 32.7 Å². The number of nitrogens with zero attached hydrogens (tertiary/aromatic N) is 4. The van der Waals surface area contributed by atoms with Crippen LogP contribution in [-0.2, 0) is 6.54 Å². The van der Waals surface area contributed by atoms with Gasteiger partial charge >= 0.3 is 5.97 Å². The van der Waals surface area contributed by atoms with Gasteiger partial charge < -0.3 is 10.0 Å². The van der Waals surface area contributed by atoms with Crippen LogP contribution in [0.3, 0.4) is 0 Å². The topological polar surface area (TPSA) is 71.2 Å². The summed E-state index contributed by atoms with van der Waals surface area (Å²) >= 11 is 1.62. The highest BCUT2D eigenvalue weighted by atomic mass is 32.1. The Labute approximate surface area is 127 Å². The third-order valence-corrected chi connectivity index (χ3v) is 4.55. The zero-order valence-corrected chi connectivity index (χ0v) is 12.8. The van der Waals surface area contributed by atoms with Crippen LogP contribution in [0.15, 0.2) is 11.4 Å². The molecular weight excluding hydrogens is 288 g/mol. The number of carbonyl (C=O) groups is 1. The Hall–Kier alpha value is -1.89. The number of piperidine rings is 1. The molecule has 0 radical (unpaired) electrons. The van der Waals surface area contributed by atoms with E-state index in [1.54, 1.807) is 24.3 Å². The molecule has 0 aromatic carbocycles. The largest absolute Gasteiger partial charge is 0.477 e. The second-order valence-electron chi connectivity index (χ2n) is 5.30. The van der Waals surface area contributed by atoms with Crippen molar-refractivity contribution in [1.82, 2.24) is 14.8 Å². The number of anilines is 1. The first-order valence-corrected chi connectivity index (χ1v) is 7.98. The van der Waals surface area contributed by atoms with Gasteiger partial charge in [-0.25, -0.2) is 9.78 Å². The summed E-state index contributed by atoms with van der Waals surface area (Å²) in [4.78, 5) is 18.1. The number of hydrogen-bond donors (Lipinski definition) is 1. The summed E-state index contributed by atoms with van der Waals surface area (Å²) in [5.41, 5.74) is 1.78. The number of hydrogen-bond acceptors (Lipinski definition) is 5. The van der Waals surface area contributed by atoms with E-state index in [2.05, 4.69) is 15.0 Å². The highest BCUT2D eigenvalue weighted by Crippen LogP contribution is 2.24. The van der Waals surface area contributed by atoms with E-state index in [0.717, 1.165) is 23.9 Å². The Morgan fingerprint density at radius 3 is 2.86 bits per heavy atom. The Morgan fingerprint density at radius 2 is 2.14 bits per heavy atom. The first kappa shape index (κ1) is 14.1. The first-order chi connectivity index (χ1) is 10.1. The zero-order chi connectivity index (χ0) is 14.8. The molecule has 3 heterocycles.